The van der Waals surface area contributed by atoms with Crippen molar-refractivity contribution in [3.05, 3.63) is 84.2 Å². The van der Waals surface area contributed by atoms with Gasteiger partial charge in [0.25, 0.3) is 8.32 Å². The summed E-state index contributed by atoms with van der Waals surface area (Å²) in [4.78, 5) is 11.8. The van der Waals surface area contributed by atoms with Crippen LogP contribution in [0.2, 0.25) is 5.04 Å². The molecule has 3 unspecified atom stereocenters. The topological polar surface area (TPSA) is 66.2 Å². The fraction of sp³-hybridized carbons (Fsp3) is 0.575. The van der Waals surface area contributed by atoms with E-state index in [-0.39, 0.29) is 34.5 Å². The Labute approximate surface area is 282 Å². The second-order valence-corrected chi connectivity index (χ2v) is 20.7. The minimum absolute atomic E-state index is 0.0139. The molecular weight excluding hydrogens is 599 g/mol. The highest BCUT2D eigenvalue weighted by Crippen LogP contribution is 2.68. The third-order valence-corrected chi connectivity index (χ3v) is 18.3. The number of nitrogens with zero attached hydrogens (tertiary/aromatic N) is 3. The molecule has 0 radical (unpaired) electrons. The number of ether oxygens (including phenoxy) is 1. The van der Waals surface area contributed by atoms with Gasteiger partial charge >= 0.3 is 5.97 Å². The smallest absolute Gasteiger partial charge is 0.327 e. The van der Waals surface area contributed by atoms with E-state index in [4.69, 9.17) is 9.16 Å². The van der Waals surface area contributed by atoms with Crippen LogP contribution in [0, 0.1) is 28.6 Å². The van der Waals surface area contributed by atoms with E-state index in [2.05, 4.69) is 112 Å². The minimum atomic E-state index is -2.60. The number of carbonyl (C=O) groups excluding carboxylic acids is 1. The molecule has 3 fully saturated rings. The van der Waals surface area contributed by atoms with Gasteiger partial charge in [-0.3, -0.25) is 4.79 Å². The highest BCUT2D eigenvalue weighted by atomic mass is 28.4. The van der Waals surface area contributed by atoms with Crippen molar-refractivity contribution in [3.8, 4) is 0 Å². The van der Waals surface area contributed by atoms with E-state index in [0.717, 1.165) is 30.9 Å². The Hall–Kier alpha value is -3.03. The van der Waals surface area contributed by atoms with Crippen LogP contribution >= 0.6 is 0 Å². The van der Waals surface area contributed by atoms with E-state index in [9.17, 15) is 4.79 Å². The maximum Gasteiger partial charge on any atom is 0.327 e. The van der Waals surface area contributed by atoms with Crippen LogP contribution in [0.1, 0.15) is 97.6 Å². The summed E-state index contributed by atoms with van der Waals surface area (Å²) in [7, 11) is -1.18. The molecule has 6 nitrogen and oxygen atoms in total. The van der Waals surface area contributed by atoms with Gasteiger partial charge in [0.15, 0.2) is 0 Å². The predicted molar refractivity (Wildman–Crippen MR) is 189 cm³/mol. The number of benzene rings is 2. The zero-order valence-electron chi connectivity index (χ0n) is 29.2. The van der Waals surface area contributed by atoms with Crippen LogP contribution in [0.25, 0.3) is 0 Å². The summed E-state index contributed by atoms with van der Waals surface area (Å²) in [5.74, 6) is 2.24. The molecule has 47 heavy (non-hydrogen) atoms. The second-order valence-electron chi connectivity index (χ2n) is 16.5. The number of esters is 1. The predicted octanol–water partition coefficient (Wildman–Crippen LogP) is 7.44. The fourth-order valence-electron chi connectivity index (χ4n) is 10.9. The van der Waals surface area contributed by atoms with Crippen molar-refractivity contribution in [2.75, 3.05) is 7.11 Å². The molecule has 0 saturated heterocycles. The number of hydrogen-bond acceptors (Lipinski definition) is 5. The molecule has 0 bridgehead atoms. The van der Waals surface area contributed by atoms with Gasteiger partial charge in [-0.15, -0.1) is 5.10 Å². The third-order valence-electron chi connectivity index (χ3n) is 13.3. The van der Waals surface area contributed by atoms with Gasteiger partial charge in [0.05, 0.1) is 12.8 Å². The summed E-state index contributed by atoms with van der Waals surface area (Å²) in [6, 6.07) is 22.3. The van der Waals surface area contributed by atoms with Crippen LogP contribution in [0.3, 0.4) is 0 Å². The first-order chi connectivity index (χ1) is 22.5. The van der Waals surface area contributed by atoms with E-state index in [1.54, 1.807) is 10.3 Å². The lowest BCUT2D eigenvalue weighted by molar-refractivity contribution is -0.141. The number of carbonyl (C=O) groups is 1. The zero-order chi connectivity index (χ0) is 33.0. The molecule has 1 heterocycles. The molecule has 0 spiro atoms. The van der Waals surface area contributed by atoms with Crippen LogP contribution in [-0.4, -0.2) is 42.5 Å². The normalized spacial score (nSPS) is 32.1. The quantitative estimate of drug-likeness (QED) is 0.151. The maximum atomic E-state index is 11.8. The molecule has 4 aliphatic carbocycles. The second kappa shape index (κ2) is 12.1. The van der Waals surface area contributed by atoms with Gasteiger partial charge in [0.2, 0.25) is 0 Å². The highest BCUT2D eigenvalue weighted by molar-refractivity contribution is 6.99. The average molecular weight is 652 g/mol. The van der Waals surface area contributed by atoms with Crippen LogP contribution in [0.15, 0.2) is 78.5 Å². The zero-order valence-corrected chi connectivity index (χ0v) is 30.2. The maximum absolute atomic E-state index is 11.8. The van der Waals surface area contributed by atoms with Gasteiger partial charge in [-0.25, -0.2) is 4.68 Å². The van der Waals surface area contributed by atoms with E-state index >= 15 is 0 Å². The lowest BCUT2D eigenvalue weighted by Crippen LogP contribution is -2.68. The Morgan fingerprint density at radius 3 is 2.26 bits per heavy atom. The minimum Gasteiger partial charge on any atom is -0.468 e. The molecule has 4 aliphatic rings. The lowest BCUT2D eigenvalue weighted by atomic mass is 9.47. The number of hydrogen-bond donors (Lipinski definition) is 0. The van der Waals surface area contributed by atoms with E-state index < -0.39 is 8.32 Å². The molecule has 0 aliphatic heterocycles. The molecule has 7 atom stereocenters. The Kier molecular flexibility index (Phi) is 8.39. The SMILES string of the molecule is COC(=O)Cn1cc([C@H]2CCC3C4CC=C5C[C@@H](O[Si](c6ccccc6)(c6ccccc6)C(C)(C)C)CC[C@]5(C)C4CC[C@@]32C)nn1. The Bertz CT molecular complexity index is 1570. The number of fused-ring (bicyclic) bond motifs is 5. The largest absolute Gasteiger partial charge is 0.468 e. The third kappa shape index (κ3) is 5.36. The van der Waals surface area contributed by atoms with Gasteiger partial charge in [0, 0.05) is 18.2 Å². The summed E-state index contributed by atoms with van der Waals surface area (Å²) in [5, 5.41) is 11.6. The first-order valence-corrected chi connectivity index (χ1v) is 19.9. The van der Waals surface area contributed by atoms with Gasteiger partial charge in [-0.1, -0.05) is 112 Å². The number of aromatic nitrogens is 3. The van der Waals surface area contributed by atoms with Gasteiger partial charge in [-0.05, 0) is 95.4 Å². The summed E-state index contributed by atoms with van der Waals surface area (Å²) >= 11 is 0. The van der Waals surface area contributed by atoms with Crippen LogP contribution < -0.4 is 10.4 Å². The van der Waals surface area contributed by atoms with Gasteiger partial charge in [-0.2, -0.15) is 0 Å². The summed E-state index contributed by atoms with van der Waals surface area (Å²) in [6.45, 7) is 12.4. The Morgan fingerprint density at radius 2 is 1.62 bits per heavy atom. The standard InChI is InChI=1S/C40H53N3O3Si/c1-38(2,3)47(30-13-9-7-10-14-30,31-15-11-8-12-16-31)46-29-21-23-39(4)28(25-29)17-18-32-33-19-20-35(40(33,5)24-22-34(32)39)36-26-43(42-41-36)27-37(44)45-6/h7-17,26,29,32-35H,18-25,27H2,1-6H3/t29-,32?,33?,34?,35+,39-,40-/m0/s1. The molecule has 7 rings (SSSR count). The van der Waals surface area contributed by atoms with Crippen molar-refractivity contribution < 1.29 is 14.0 Å². The van der Waals surface area contributed by atoms with Crippen molar-refractivity contribution in [3.63, 3.8) is 0 Å². The first kappa shape index (κ1) is 32.5. The van der Waals surface area contributed by atoms with E-state index in [0.29, 0.717) is 17.8 Å². The lowest BCUT2D eigenvalue weighted by Gasteiger charge is -2.58. The van der Waals surface area contributed by atoms with Crippen LogP contribution in [-0.2, 0) is 20.5 Å². The monoisotopic (exact) mass is 651 g/mol. The average Bonchev–Trinajstić information content (AvgIpc) is 3.67. The number of methoxy groups -OCH3 is 1. The van der Waals surface area contributed by atoms with Crippen molar-refractivity contribution in [1.82, 2.24) is 15.0 Å². The van der Waals surface area contributed by atoms with Crippen molar-refractivity contribution in [1.29, 1.82) is 0 Å². The molecule has 0 amide bonds. The van der Waals surface area contributed by atoms with Crippen molar-refractivity contribution >= 4 is 24.7 Å². The molecular formula is C40H53N3O3Si. The molecule has 7 heteroatoms. The highest BCUT2D eigenvalue weighted by Gasteiger charge is 2.60. The summed E-state index contributed by atoms with van der Waals surface area (Å²) in [5.41, 5.74) is 3.18. The van der Waals surface area contributed by atoms with Crippen molar-refractivity contribution in [2.24, 2.45) is 28.6 Å². The summed E-state index contributed by atoms with van der Waals surface area (Å²) < 4.78 is 14.2. The molecule has 3 saturated carbocycles. The van der Waals surface area contributed by atoms with Crippen molar-refractivity contribution in [2.45, 2.75) is 110 Å². The molecule has 0 N–H and O–H groups in total. The van der Waals surface area contributed by atoms with Gasteiger partial charge < -0.3 is 9.16 Å². The Morgan fingerprint density at radius 1 is 0.936 bits per heavy atom. The first-order valence-electron chi connectivity index (χ1n) is 17.9. The van der Waals surface area contributed by atoms with E-state index in [1.165, 1.54) is 49.6 Å². The fourth-order valence-corrected chi connectivity index (χ4v) is 15.6. The molecule has 1 aromatic heterocycles. The molecule has 2 aromatic carbocycles. The summed E-state index contributed by atoms with van der Waals surface area (Å²) in [6.07, 6.45) is 14.4. The van der Waals surface area contributed by atoms with Crippen LogP contribution in [0.4, 0.5) is 0 Å². The van der Waals surface area contributed by atoms with E-state index in [1.807, 2.05) is 6.20 Å². The van der Waals surface area contributed by atoms with Gasteiger partial charge in [0.1, 0.15) is 6.54 Å². The molecule has 3 aromatic rings. The van der Waals surface area contributed by atoms with Crippen LogP contribution in [0.5, 0.6) is 0 Å². The molecule has 250 valence electrons. The Balaban J connectivity index is 1.13. The number of allylic oxidation sites excluding steroid dienone is 1. The number of rotatable bonds is 7.